The van der Waals surface area contributed by atoms with Gasteiger partial charge in [-0.05, 0) is 49.1 Å². The molecule has 3 N–H and O–H groups in total. The van der Waals surface area contributed by atoms with E-state index in [-0.39, 0.29) is 5.91 Å². The third-order valence-electron chi connectivity index (χ3n) is 7.40. The number of pyridine rings is 2. The number of hydrogen-bond donors (Lipinski definition) is 3. The van der Waals surface area contributed by atoms with Crippen LogP contribution in [0.2, 0.25) is 0 Å². The van der Waals surface area contributed by atoms with Crippen molar-refractivity contribution in [3.8, 4) is 22.6 Å². The van der Waals surface area contributed by atoms with Crippen molar-refractivity contribution < 1.29 is 4.79 Å². The first-order chi connectivity index (χ1) is 19.7. The van der Waals surface area contributed by atoms with Crippen molar-refractivity contribution in [2.75, 3.05) is 23.3 Å². The summed E-state index contributed by atoms with van der Waals surface area (Å²) in [5, 5.41) is 11.4. The zero-order valence-electron chi connectivity index (χ0n) is 21.9. The Hall–Kier alpha value is -5.05. The van der Waals surface area contributed by atoms with Gasteiger partial charge in [-0.15, -0.1) is 0 Å². The van der Waals surface area contributed by atoms with Crippen LogP contribution in [0.1, 0.15) is 24.8 Å². The fourth-order valence-electron chi connectivity index (χ4n) is 5.42. The predicted octanol–water partition coefficient (Wildman–Crippen LogP) is 5.73. The van der Waals surface area contributed by atoms with Crippen LogP contribution in [0.15, 0.2) is 79.3 Å². The average molecular weight is 529 g/mol. The number of hydrogen-bond acceptors (Lipinski definition) is 6. The Bertz CT molecular complexity index is 1820. The fraction of sp³-hybridized carbons (Fsp3) is 0.194. The molecule has 0 unspecified atom stereocenters. The summed E-state index contributed by atoms with van der Waals surface area (Å²) >= 11 is 0. The van der Waals surface area contributed by atoms with Gasteiger partial charge in [-0.25, -0.2) is 9.97 Å². The molecule has 1 fully saturated rings. The fourth-order valence-corrected chi connectivity index (χ4v) is 5.42. The van der Waals surface area contributed by atoms with Crippen LogP contribution < -0.4 is 10.2 Å². The summed E-state index contributed by atoms with van der Waals surface area (Å²) in [4.78, 5) is 32.5. The molecule has 198 valence electrons. The number of imidazole rings is 1. The lowest BCUT2D eigenvalue weighted by Crippen LogP contribution is -2.29. The Morgan fingerprint density at radius 3 is 2.65 bits per heavy atom. The lowest BCUT2D eigenvalue weighted by Gasteiger charge is -2.28. The first-order valence-electron chi connectivity index (χ1n) is 13.6. The van der Waals surface area contributed by atoms with Gasteiger partial charge in [-0.3, -0.25) is 14.9 Å². The van der Waals surface area contributed by atoms with E-state index in [9.17, 15) is 4.79 Å². The number of H-pyrrole nitrogens is 2. The number of para-hydroxylation sites is 1. The molecule has 0 saturated carbocycles. The topological polar surface area (TPSA) is 115 Å². The summed E-state index contributed by atoms with van der Waals surface area (Å²) in [5.74, 6) is 0.630. The molecule has 4 aromatic heterocycles. The molecule has 9 heteroatoms. The molecule has 7 rings (SSSR count). The highest BCUT2D eigenvalue weighted by Gasteiger charge is 2.19. The molecule has 1 aliphatic rings. The molecule has 1 saturated heterocycles. The number of piperidine rings is 1. The minimum absolute atomic E-state index is 0.0929. The monoisotopic (exact) mass is 528 g/mol. The predicted molar refractivity (Wildman–Crippen MR) is 157 cm³/mol. The second-order valence-corrected chi connectivity index (χ2v) is 10.2. The molecule has 5 heterocycles. The number of amides is 1. The van der Waals surface area contributed by atoms with Crippen LogP contribution in [0.3, 0.4) is 0 Å². The van der Waals surface area contributed by atoms with E-state index in [1.807, 2.05) is 42.5 Å². The molecular formula is C31H28N8O. The molecule has 0 bridgehead atoms. The second kappa shape index (κ2) is 10.3. The van der Waals surface area contributed by atoms with Crippen molar-refractivity contribution in [1.29, 1.82) is 0 Å². The molecular weight excluding hydrogens is 500 g/mol. The normalized spacial score (nSPS) is 13.7. The standard InChI is InChI=1S/C31H28N8O/c40-27(14-20-8-3-1-4-9-20)34-23-15-21(17-32-19-23)22-16-24-28(37-38-30(24)33-18-22)31-35-25-10-7-11-26(29(25)36-31)39-12-5-2-6-13-39/h1,3-4,7-11,15-19H,2,5-6,12-14H2,(H,34,40)(H,35,36)(H,33,37,38). The molecule has 9 nitrogen and oxygen atoms in total. The van der Waals surface area contributed by atoms with E-state index in [0.29, 0.717) is 17.8 Å². The van der Waals surface area contributed by atoms with Crippen molar-refractivity contribution in [3.05, 3.63) is 84.8 Å². The van der Waals surface area contributed by atoms with Gasteiger partial charge in [-0.2, -0.15) is 5.10 Å². The number of carbonyl (C=O) groups is 1. The third-order valence-corrected chi connectivity index (χ3v) is 7.40. The smallest absolute Gasteiger partial charge is 0.228 e. The Balaban J connectivity index is 1.19. The lowest BCUT2D eigenvalue weighted by atomic mass is 10.1. The Morgan fingerprint density at radius 1 is 0.925 bits per heavy atom. The van der Waals surface area contributed by atoms with Gasteiger partial charge in [0.05, 0.1) is 34.9 Å². The van der Waals surface area contributed by atoms with Gasteiger partial charge in [0.1, 0.15) is 11.2 Å². The van der Waals surface area contributed by atoms with Gasteiger partial charge in [-0.1, -0.05) is 36.4 Å². The van der Waals surface area contributed by atoms with Crippen molar-refractivity contribution >= 4 is 39.3 Å². The summed E-state index contributed by atoms with van der Waals surface area (Å²) in [5.41, 5.74) is 7.82. The lowest BCUT2D eigenvalue weighted by molar-refractivity contribution is -0.115. The van der Waals surface area contributed by atoms with Gasteiger partial charge < -0.3 is 15.2 Å². The van der Waals surface area contributed by atoms with Crippen LogP contribution in [0.25, 0.3) is 44.7 Å². The van der Waals surface area contributed by atoms with Crippen molar-refractivity contribution in [2.45, 2.75) is 25.7 Å². The van der Waals surface area contributed by atoms with E-state index in [1.54, 1.807) is 18.6 Å². The number of benzene rings is 2. The van der Waals surface area contributed by atoms with Gasteiger partial charge >= 0.3 is 0 Å². The van der Waals surface area contributed by atoms with Gasteiger partial charge in [0.15, 0.2) is 11.5 Å². The van der Waals surface area contributed by atoms with Crippen molar-refractivity contribution in [3.63, 3.8) is 0 Å². The number of carbonyl (C=O) groups excluding carboxylic acids is 1. The minimum atomic E-state index is -0.0929. The zero-order valence-corrected chi connectivity index (χ0v) is 21.9. The Labute approximate surface area is 230 Å². The van der Waals surface area contributed by atoms with E-state index in [2.05, 4.69) is 53.6 Å². The molecule has 6 aromatic rings. The highest BCUT2D eigenvalue weighted by molar-refractivity contribution is 5.97. The molecule has 1 amide bonds. The van der Waals surface area contributed by atoms with Crippen LogP contribution in [0, 0.1) is 0 Å². The number of aromatic nitrogens is 6. The Kier molecular flexibility index (Phi) is 6.16. The van der Waals surface area contributed by atoms with E-state index < -0.39 is 0 Å². The summed E-state index contributed by atoms with van der Waals surface area (Å²) in [7, 11) is 0. The maximum absolute atomic E-state index is 12.6. The number of fused-ring (bicyclic) bond motifs is 2. The van der Waals surface area contributed by atoms with Crippen LogP contribution in [-0.2, 0) is 11.2 Å². The third kappa shape index (κ3) is 4.66. The minimum Gasteiger partial charge on any atom is -0.370 e. The average Bonchev–Trinajstić information content (AvgIpc) is 3.62. The molecule has 0 atom stereocenters. The molecule has 40 heavy (non-hydrogen) atoms. The maximum atomic E-state index is 12.6. The summed E-state index contributed by atoms with van der Waals surface area (Å²) < 4.78 is 0. The van der Waals surface area contributed by atoms with Crippen LogP contribution >= 0.6 is 0 Å². The number of aromatic amines is 2. The van der Waals surface area contributed by atoms with Crippen LogP contribution in [-0.4, -0.2) is 49.1 Å². The van der Waals surface area contributed by atoms with Crippen LogP contribution in [0.4, 0.5) is 11.4 Å². The number of rotatable bonds is 6. The number of anilines is 2. The SMILES string of the molecule is O=C(Cc1ccccc1)Nc1cncc(-c2cnc3n[nH]c(-c4nc5c(N6CCCCC6)cccc5[nH]4)c3c2)c1. The summed E-state index contributed by atoms with van der Waals surface area (Å²) in [6.07, 6.45) is 9.18. The summed E-state index contributed by atoms with van der Waals surface area (Å²) in [6, 6.07) is 19.9. The van der Waals surface area contributed by atoms with E-state index in [4.69, 9.17) is 4.98 Å². The zero-order chi connectivity index (χ0) is 26.9. The maximum Gasteiger partial charge on any atom is 0.228 e. The van der Waals surface area contributed by atoms with Gasteiger partial charge in [0.2, 0.25) is 5.91 Å². The van der Waals surface area contributed by atoms with E-state index in [0.717, 1.165) is 57.7 Å². The quantitative estimate of drug-likeness (QED) is 0.254. The second-order valence-electron chi connectivity index (χ2n) is 10.2. The number of nitrogens with zero attached hydrogens (tertiary/aromatic N) is 5. The van der Waals surface area contributed by atoms with Crippen LogP contribution in [0.5, 0.6) is 0 Å². The van der Waals surface area contributed by atoms with Gasteiger partial charge in [0.25, 0.3) is 0 Å². The van der Waals surface area contributed by atoms with Crippen molar-refractivity contribution in [1.82, 2.24) is 30.1 Å². The van der Waals surface area contributed by atoms with E-state index in [1.165, 1.54) is 24.9 Å². The molecule has 2 aromatic carbocycles. The first-order valence-corrected chi connectivity index (χ1v) is 13.6. The largest absolute Gasteiger partial charge is 0.370 e. The van der Waals surface area contributed by atoms with E-state index >= 15 is 0 Å². The van der Waals surface area contributed by atoms with Crippen molar-refractivity contribution in [2.24, 2.45) is 0 Å². The van der Waals surface area contributed by atoms with Gasteiger partial charge in [0, 0.05) is 36.6 Å². The first kappa shape index (κ1) is 24.0. The molecule has 0 radical (unpaired) electrons. The highest BCUT2D eigenvalue weighted by atomic mass is 16.1. The molecule has 0 aliphatic carbocycles. The Morgan fingerprint density at radius 2 is 1.77 bits per heavy atom. The number of nitrogens with one attached hydrogen (secondary N) is 3. The molecule has 1 aliphatic heterocycles. The highest BCUT2D eigenvalue weighted by Crippen LogP contribution is 2.33. The summed E-state index contributed by atoms with van der Waals surface area (Å²) in [6.45, 7) is 2.11. The molecule has 0 spiro atoms.